The predicted molar refractivity (Wildman–Crippen MR) is 115 cm³/mol. The molecule has 0 aromatic heterocycles. The minimum Gasteiger partial charge on any atom is -0.206 e. The average Bonchev–Trinajstić information content (AvgIpc) is 2.73. The number of benzene rings is 3. The van der Waals surface area contributed by atoms with E-state index in [0.29, 0.717) is 11.1 Å². The van der Waals surface area contributed by atoms with Crippen LogP contribution in [-0.2, 0) is 12.8 Å². The molecule has 0 nitrogen and oxygen atoms in total. The molecule has 3 aromatic carbocycles. The van der Waals surface area contributed by atoms with Gasteiger partial charge < -0.3 is 0 Å². The fourth-order valence-electron chi connectivity index (χ4n) is 2.85. The Balaban J connectivity index is 1.73. The Morgan fingerprint density at radius 2 is 1.18 bits per heavy atom. The van der Waals surface area contributed by atoms with Gasteiger partial charge in [-0.1, -0.05) is 68.2 Å². The molecule has 0 saturated carbocycles. The summed E-state index contributed by atoms with van der Waals surface area (Å²) in [5, 5.41) is 0. The van der Waals surface area contributed by atoms with Crippen LogP contribution >= 0.6 is 0 Å². The first-order valence-electron chi connectivity index (χ1n) is 9.69. The molecule has 0 aliphatic rings. The van der Waals surface area contributed by atoms with Gasteiger partial charge in [-0.05, 0) is 66.4 Å². The Morgan fingerprint density at radius 1 is 0.643 bits per heavy atom. The van der Waals surface area contributed by atoms with E-state index in [0.717, 1.165) is 30.4 Å². The Labute approximate surface area is 167 Å². The Kier molecular flexibility index (Phi) is 6.67. The van der Waals surface area contributed by atoms with E-state index in [1.165, 1.54) is 17.2 Å². The van der Waals surface area contributed by atoms with Crippen LogP contribution in [0.5, 0.6) is 0 Å². The van der Waals surface area contributed by atoms with Crippen molar-refractivity contribution in [1.29, 1.82) is 0 Å². The molecule has 0 atom stereocenters. The van der Waals surface area contributed by atoms with Crippen LogP contribution in [0.2, 0.25) is 0 Å². The van der Waals surface area contributed by atoms with Crippen molar-refractivity contribution in [1.82, 2.24) is 0 Å². The molecule has 3 rings (SSSR count). The number of hydrogen-bond acceptors (Lipinski definition) is 0. The highest BCUT2D eigenvalue weighted by molar-refractivity contribution is 5.49. The summed E-state index contributed by atoms with van der Waals surface area (Å²) in [7, 11) is 0. The second-order valence-electron chi connectivity index (χ2n) is 6.69. The lowest BCUT2D eigenvalue weighted by Crippen LogP contribution is -1.87. The van der Waals surface area contributed by atoms with Gasteiger partial charge in [0.05, 0.1) is 5.56 Å². The summed E-state index contributed by atoms with van der Waals surface area (Å²) in [4.78, 5) is 0. The lowest BCUT2D eigenvalue weighted by Gasteiger charge is -1.98. The zero-order valence-electron chi connectivity index (χ0n) is 16.4. The molecular weight excluding hydrogens is 343 g/mol. The van der Waals surface area contributed by atoms with Crippen molar-refractivity contribution in [3.05, 3.63) is 106 Å². The van der Waals surface area contributed by atoms with Crippen LogP contribution in [0.1, 0.15) is 53.6 Å². The van der Waals surface area contributed by atoms with E-state index in [1.54, 1.807) is 6.07 Å². The Hall–Kier alpha value is -3.29. The number of aryl methyl sites for hydroxylation is 2. The highest BCUT2D eigenvalue weighted by Crippen LogP contribution is 2.11. The second kappa shape index (κ2) is 9.59. The van der Waals surface area contributed by atoms with Gasteiger partial charge >= 0.3 is 0 Å². The lowest BCUT2D eigenvalue weighted by molar-refractivity contribution is 0.624. The monoisotopic (exact) mass is 366 g/mol. The molecule has 3 aromatic rings. The molecule has 0 unspecified atom stereocenters. The minimum absolute atomic E-state index is 0.344. The van der Waals surface area contributed by atoms with Gasteiger partial charge in [0.2, 0.25) is 0 Å². The molecule has 0 spiro atoms. The van der Waals surface area contributed by atoms with Crippen molar-refractivity contribution in [2.24, 2.45) is 0 Å². The summed E-state index contributed by atoms with van der Waals surface area (Å²) in [6, 6.07) is 21.2. The largest absolute Gasteiger partial charge is 0.206 e. The van der Waals surface area contributed by atoms with Crippen LogP contribution in [0.25, 0.3) is 0 Å². The number of halogens is 1. The van der Waals surface area contributed by atoms with Crippen LogP contribution in [-0.4, -0.2) is 0 Å². The second-order valence-corrected chi connectivity index (χ2v) is 6.69. The summed E-state index contributed by atoms with van der Waals surface area (Å²) < 4.78 is 14.4. The predicted octanol–water partition coefficient (Wildman–Crippen LogP) is 6.14. The van der Waals surface area contributed by atoms with Crippen molar-refractivity contribution in [2.45, 2.75) is 33.1 Å². The highest BCUT2D eigenvalue weighted by Gasteiger charge is 2.00. The average molecular weight is 366 g/mol. The summed E-state index contributed by atoms with van der Waals surface area (Å²) in [6.07, 6.45) is 3.19. The molecule has 1 heteroatoms. The number of rotatable bonds is 3. The fraction of sp³-hybridized carbons (Fsp3) is 0.185. The first-order chi connectivity index (χ1) is 13.7. The van der Waals surface area contributed by atoms with Crippen LogP contribution in [0, 0.1) is 29.5 Å². The molecule has 0 amide bonds. The molecule has 0 radical (unpaired) electrons. The van der Waals surface area contributed by atoms with Crippen LogP contribution in [0.4, 0.5) is 4.39 Å². The molecule has 0 N–H and O–H groups in total. The van der Waals surface area contributed by atoms with Crippen LogP contribution < -0.4 is 0 Å². The van der Waals surface area contributed by atoms with Crippen molar-refractivity contribution >= 4 is 0 Å². The third-order valence-electron chi connectivity index (χ3n) is 4.52. The first-order valence-corrected chi connectivity index (χ1v) is 9.69. The van der Waals surface area contributed by atoms with Crippen molar-refractivity contribution < 1.29 is 4.39 Å². The van der Waals surface area contributed by atoms with Gasteiger partial charge in [0, 0.05) is 16.7 Å². The molecule has 0 aliphatic carbocycles. The number of hydrogen-bond donors (Lipinski definition) is 0. The van der Waals surface area contributed by atoms with E-state index in [-0.39, 0.29) is 5.82 Å². The SMILES string of the molecule is CCCc1ccc(C#Cc2ccc(C#Cc3ccc(CC)cc3)cc2F)cc1. The third-order valence-corrected chi connectivity index (χ3v) is 4.52. The molecule has 0 fully saturated rings. The third kappa shape index (κ3) is 5.35. The maximum Gasteiger partial charge on any atom is 0.140 e. The fourth-order valence-corrected chi connectivity index (χ4v) is 2.85. The molecule has 0 saturated heterocycles. The van der Waals surface area contributed by atoms with Gasteiger partial charge in [-0.3, -0.25) is 0 Å². The van der Waals surface area contributed by atoms with E-state index in [4.69, 9.17) is 0 Å². The van der Waals surface area contributed by atoms with E-state index in [1.807, 2.05) is 30.3 Å². The first kappa shape index (κ1) is 19.5. The molecule has 0 bridgehead atoms. The lowest BCUT2D eigenvalue weighted by atomic mass is 10.1. The van der Waals surface area contributed by atoms with Gasteiger partial charge in [0.25, 0.3) is 0 Å². The summed E-state index contributed by atoms with van der Waals surface area (Å²) in [6.45, 7) is 4.28. The summed E-state index contributed by atoms with van der Waals surface area (Å²) in [5.74, 6) is 11.7. The van der Waals surface area contributed by atoms with Crippen molar-refractivity contribution in [3.63, 3.8) is 0 Å². The maximum absolute atomic E-state index is 14.4. The van der Waals surface area contributed by atoms with Gasteiger partial charge in [-0.2, -0.15) is 0 Å². The molecule has 0 heterocycles. The van der Waals surface area contributed by atoms with Gasteiger partial charge in [0.15, 0.2) is 0 Å². The highest BCUT2D eigenvalue weighted by atomic mass is 19.1. The van der Waals surface area contributed by atoms with Gasteiger partial charge in [-0.25, -0.2) is 4.39 Å². The van der Waals surface area contributed by atoms with Crippen LogP contribution in [0.15, 0.2) is 66.7 Å². The normalized spacial score (nSPS) is 9.82. The zero-order valence-corrected chi connectivity index (χ0v) is 16.4. The summed E-state index contributed by atoms with van der Waals surface area (Å²) in [5.41, 5.74) is 5.42. The van der Waals surface area contributed by atoms with E-state index in [2.05, 4.69) is 61.8 Å². The molecule has 28 heavy (non-hydrogen) atoms. The maximum atomic E-state index is 14.4. The van der Waals surface area contributed by atoms with Gasteiger partial charge in [0.1, 0.15) is 5.82 Å². The Morgan fingerprint density at radius 3 is 1.75 bits per heavy atom. The van der Waals surface area contributed by atoms with E-state index in [9.17, 15) is 4.39 Å². The Bertz CT molecular complexity index is 1050. The van der Waals surface area contributed by atoms with Crippen molar-refractivity contribution in [3.8, 4) is 23.7 Å². The standard InChI is InChI=1S/C27H23F/c1-3-5-22-10-12-24(13-11-22)16-18-26-19-17-25(20-27(26)28)15-14-23-8-6-21(4-2)7-9-23/h6-13,17,19-20H,3-5H2,1-2H3. The van der Waals surface area contributed by atoms with E-state index < -0.39 is 0 Å². The van der Waals surface area contributed by atoms with E-state index >= 15 is 0 Å². The summed E-state index contributed by atoms with van der Waals surface area (Å²) >= 11 is 0. The molecule has 0 aliphatic heterocycles. The van der Waals surface area contributed by atoms with Crippen LogP contribution in [0.3, 0.4) is 0 Å². The minimum atomic E-state index is -0.344. The molecular formula is C27H23F. The quantitative estimate of drug-likeness (QED) is 0.488. The molecule has 138 valence electrons. The van der Waals surface area contributed by atoms with Crippen molar-refractivity contribution in [2.75, 3.05) is 0 Å². The smallest absolute Gasteiger partial charge is 0.140 e. The zero-order chi connectivity index (χ0) is 19.8. The van der Waals surface area contributed by atoms with Gasteiger partial charge in [-0.15, -0.1) is 0 Å². The topological polar surface area (TPSA) is 0 Å².